The average molecular weight is 258 g/mol. The molecule has 0 aliphatic rings. The van der Waals surface area contributed by atoms with E-state index in [0.29, 0.717) is 11.6 Å². The van der Waals surface area contributed by atoms with Gasteiger partial charge in [0.15, 0.2) is 0 Å². The Bertz CT molecular complexity index is 539. The topological polar surface area (TPSA) is 73.9 Å². The van der Waals surface area contributed by atoms with E-state index >= 15 is 0 Å². The van der Waals surface area contributed by atoms with Crippen LogP contribution in [-0.2, 0) is 0 Å². The minimum atomic E-state index is -0.399. The van der Waals surface area contributed by atoms with Crippen molar-refractivity contribution in [2.24, 2.45) is 5.73 Å². The monoisotopic (exact) mass is 258 g/mol. The van der Waals surface area contributed by atoms with Gasteiger partial charge in [-0.25, -0.2) is 9.97 Å². The third-order valence-electron chi connectivity index (χ3n) is 2.54. The molecule has 0 amide bonds. The van der Waals surface area contributed by atoms with Crippen LogP contribution in [0.3, 0.4) is 0 Å². The first-order valence-corrected chi connectivity index (χ1v) is 6.22. The van der Waals surface area contributed by atoms with Gasteiger partial charge in [-0.2, -0.15) is 0 Å². The van der Waals surface area contributed by atoms with Crippen LogP contribution in [0, 0.1) is 6.92 Å². The summed E-state index contributed by atoms with van der Waals surface area (Å²) < 4.78 is 5.60. The third-order valence-corrected chi connectivity index (χ3v) is 2.54. The van der Waals surface area contributed by atoms with Crippen molar-refractivity contribution in [2.75, 3.05) is 0 Å². The lowest BCUT2D eigenvalue weighted by Gasteiger charge is -2.13. The van der Waals surface area contributed by atoms with Crippen molar-refractivity contribution in [2.45, 2.75) is 32.9 Å². The highest BCUT2D eigenvalue weighted by atomic mass is 16.5. The Morgan fingerprint density at radius 3 is 2.42 bits per heavy atom. The van der Waals surface area contributed by atoms with Crippen LogP contribution in [0.2, 0.25) is 0 Å². The van der Waals surface area contributed by atoms with Crippen LogP contribution in [-0.4, -0.2) is 21.1 Å². The Labute approximate surface area is 112 Å². The lowest BCUT2D eigenvalue weighted by molar-refractivity contribution is 0.241. The van der Waals surface area contributed by atoms with Crippen LogP contribution in [0.25, 0.3) is 0 Å². The Hall–Kier alpha value is -2.01. The number of hydrogen-bond donors (Lipinski definition) is 1. The lowest BCUT2D eigenvalue weighted by Crippen LogP contribution is -2.16. The molecule has 5 heteroatoms. The first-order chi connectivity index (χ1) is 9.06. The van der Waals surface area contributed by atoms with Gasteiger partial charge in [0.05, 0.1) is 18.3 Å². The summed E-state index contributed by atoms with van der Waals surface area (Å²) in [5.41, 5.74) is 7.99. The number of rotatable bonds is 4. The predicted octanol–water partition coefficient (Wildman–Crippen LogP) is 2.02. The van der Waals surface area contributed by atoms with Gasteiger partial charge >= 0.3 is 0 Å². The summed E-state index contributed by atoms with van der Waals surface area (Å²) in [6.45, 7) is 5.87. The standard InChI is InChI=1S/C14H18N4O/c1-9(2)19-12-4-11(7-16-8-12)13(15)14-17-5-10(3)6-18-14/h4-9,13H,15H2,1-3H3. The van der Waals surface area contributed by atoms with Gasteiger partial charge in [-0.05, 0) is 38.0 Å². The van der Waals surface area contributed by atoms with Gasteiger partial charge in [-0.1, -0.05) is 0 Å². The maximum Gasteiger partial charge on any atom is 0.149 e. The average Bonchev–Trinajstić information content (AvgIpc) is 2.38. The van der Waals surface area contributed by atoms with E-state index in [1.807, 2.05) is 26.8 Å². The van der Waals surface area contributed by atoms with Gasteiger partial charge in [0.1, 0.15) is 11.6 Å². The number of nitrogens with two attached hydrogens (primary N) is 1. The third kappa shape index (κ3) is 3.48. The minimum Gasteiger partial charge on any atom is -0.489 e. The molecule has 100 valence electrons. The first kappa shape index (κ1) is 13.4. The van der Waals surface area contributed by atoms with Gasteiger partial charge in [0.2, 0.25) is 0 Å². The maximum absolute atomic E-state index is 6.15. The fraction of sp³-hybridized carbons (Fsp3) is 0.357. The van der Waals surface area contributed by atoms with E-state index in [9.17, 15) is 0 Å². The highest BCUT2D eigenvalue weighted by molar-refractivity contribution is 5.29. The molecular formula is C14H18N4O. The molecule has 19 heavy (non-hydrogen) atoms. The fourth-order valence-corrected chi connectivity index (χ4v) is 1.65. The minimum absolute atomic E-state index is 0.101. The van der Waals surface area contributed by atoms with Crippen LogP contribution in [0.5, 0.6) is 5.75 Å². The van der Waals surface area contributed by atoms with Crippen LogP contribution >= 0.6 is 0 Å². The summed E-state index contributed by atoms with van der Waals surface area (Å²) >= 11 is 0. The zero-order valence-electron chi connectivity index (χ0n) is 11.4. The molecule has 2 aromatic heterocycles. The zero-order valence-corrected chi connectivity index (χ0v) is 11.4. The van der Waals surface area contributed by atoms with Crippen molar-refractivity contribution in [1.82, 2.24) is 15.0 Å². The number of aromatic nitrogens is 3. The largest absolute Gasteiger partial charge is 0.489 e. The van der Waals surface area contributed by atoms with Gasteiger partial charge in [-0.3, -0.25) is 4.98 Å². The Morgan fingerprint density at radius 1 is 1.11 bits per heavy atom. The van der Waals surface area contributed by atoms with E-state index in [4.69, 9.17) is 10.5 Å². The highest BCUT2D eigenvalue weighted by Gasteiger charge is 2.13. The van der Waals surface area contributed by atoms with Gasteiger partial charge in [0, 0.05) is 18.6 Å². The van der Waals surface area contributed by atoms with Crippen molar-refractivity contribution >= 4 is 0 Å². The SMILES string of the molecule is Cc1cnc(C(N)c2cncc(OC(C)C)c2)nc1. The number of nitrogens with zero attached hydrogens (tertiary/aromatic N) is 3. The molecule has 1 atom stereocenters. The number of aryl methyl sites for hydroxylation is 1. The molecule has 2 rings (SSSR count). The van der Waals surface area contributed by atoms with Crippen LogP contribution in [0.15, 0.2) is 30.9 Å². The molecule has 2 heterocycles. The molecular weight excluding hydrogens is 240 g/mol. The van der Waals surface area contributed by atoms with Gasteiger partial charge in [-0.15, -0.1) is 0 Å². The summed E-state index contributed by atoms with van der Waals surface area (Å²) in [5, 5.41) is 0. The molecule has 2 aromatic rings. The number of pyridine rings is 1. The van der Waals surface area contributed by atoms with Crippen molar-refractivity contribution in [3.8, 4) is 5.75 Å². The zero-order chi connectivity index (χ0) is 13.8. The van der Waals surface area contributed by atoms with E-state index < -0.39 is 6.04 Å². The summed E-state index contributed by atoms with van der Waals surface area (Å²) in [6, 6.07) is 1.48. The van der Waals surface area contributed by atoms with E-state index in [2.05, 4.69) is 15.0 Å². The molecule has 2 N–H and O–H groups in total. The molecule has 5 nitrogen and oxygen atoms in total. The number of ether oxygens (including phenoxy) is 1. The predicted molar refractivity (Wildman–Crippen MR) is 72.8 cm³/mol. The maximum atomic E-state index is 6.15. The molecule has 0 radical (unpaired) electrons. The van der Waals surface area contributed by atoms with Crippen LogP contribution in [0.4, 0.5) is 0 Å². The Morgan fingerprint density at radius 2 is 1.79 bits per heavy atom. The second-order valence-electron chi connectivity index (χ2n) is 4.72. The fourth-order valence-electron chi connectivity index (χ4n) is 1.65. The van der Waals surface area contributed by atoms with E-state index in [-0.39, 0.29) is 6.10 Å². The molecule has 0 spiro atoms. The van der Waals surface area contributed by atoms with Crippen molar-refractivity contribution in [3.05, 3.63) is 47.8 Å². The molecule has 0 saturated carbocycles. The molecule has 0 aliphatic heterocycles. The molecule has 0 bridgehead atoms. The highest BCUT2D eigenvalue weighted by Crippen LogP contribution is 2.20. The lowest BCUT2D eigenvalue weighted by atomic mass is 10.1. The molecule has 0 saturated heterocycles. The first-order valence-electron chi connectivity index (χ1n) is 6.22. The van der Waals surface area contributed by atoms with Crippen molar-refractivity contribution in [3.63, 3.8) is 0 Å². The van der Waals surface area contributed by atoms with Gasteiger partial charge in [0.25, 0.3) is 0 Å². The molecule has 0 aliphatic carbocycles. The van der Waals surface area contributed by atoms with Crippen molar-refractivity contribution < 1.29 is 4.74 Å². The van der Waals surface area contributed by atoms with Crippen molar-refractivity contribution in [1.29, 1.82) is 0 Å². The van der Waals surface area contributed by atoms with E-state index in [1.54, 1.807) is 24.8 Å². The molecule has 0 aromatic carbocycles. The molecule has 1 unspecified atom stereocenters. The summed E-state index contributed by atoms with van der Waals surface area (Å²) in [5.74, 6) is 1.28. The Kier molecular flexibility index (Phi) is 4.06. The van der Waals surface area contributed by atoms with E-state index in [0.717, 1.165) is 11.1 Å². The van der Waals surface area contributed by atoms with Crippen LogP contribution in [0.1, 0.15) is 36.8 Å². The normalized spacial score (nSPS) is 12.5. The summed E-state index contributed by atoms with van der Waals surface area (Å²) in [6.07, 6.45) is 6.99. The molecule has 0 fully saturated rings. The second-order valence-corrected chi connectivity index (χ2v) is 4.72. The smallest absolute Gasteiger partial charge is 0.149 e. The van der Waals surface area contributed by atoms with Crippen LogP contribution < -0.4 is 10.5 Å². The second kappa shape index (κ2) is 5.75. The quantitative estimate of drug-likeness (QED) is 0.908. The summed E-state index contributed by atoms with van der Waals surface area (Å²) in [4.78, 5) is 12.6. The number of hydrogen-bond acceptors (Lipinski definition) is 5. The Balaban J connectivity index is 2.23. The van der Waals surface area contributed by atoms with E-state index in [1.165, 1.54) is 0 Å². The summed E-state index contributed by atoms with van der Waals surface area (Å²) in [7, 11) is 0. The van der Waals surface area contributed by atoms with Gasteiger partial charge < -0.3 is 10.5 Å².